The highest BCUT2D eigenvalue weighted by Gasteiger charge is 2.37. The molecule has 1 heterocycles. The number of halogens is 3. The summed E-state index contributed by atoms with van der Waals surface area (Å²) in [5.74, 6) is -2.29. The van der Waals surface area contributed by atoms with Crippen molar-refractivity contribution >= 4 is 17.6 Å². The van der Waals surface area contributed by atoms with E-state index >= 15 is 0 Å². The number of aromatic nitrogens is 1. The van der Waals surface area contributed by atoms with Crippen LogP contribution in [0.5, 0.6) is 11.6 Å². The van der Waals surface area contributed by atoms with E-state index in [0.717, 1.165) is 37.2 Å². The smallest absolute Gasteiger partial charge is 0.421 e. The SMILES string of the molecule is COCC(COC)N(C(=O)C1CCC(C)CC1)c1ccc(Oc2ncccc2C(F)(F)F)cc1C(=O)O. The number of carbonyl (C=O) groups is 2. The second kappa shape index (κ2) is 12.4. The van der Waals surface area contributed by atoms with E-state index in [1.165, 1.54) is 31.3 Å². The van der Waals surface area contributed by atoms with Crippen molar-refractivity contribution in [2.24, 2.45) is 11.8 Å². The van der Waals surface area contributed by atoms with Crippen molar-refractivity contribution < 1.29 is 42.1 Å². The third-order valence-electron chi connectivity index (χ3n) is 6.43. The van der Waals surface area contributed by atoms with Gasteiger partial charge in [-0.1, -0.05) is 6.92 Å². The number of carboxylic acid groups (broad SMARTS) is 1. The van der Waals surface area contributed by atoms with Crippen LogP contribution < -0.4 is 9.64 Å². The van der Waals surface area contributed by atoms with Crippen molar-refractivity contribution in [3.8, 4) is 11.6 Å². The van der Waals surface area contributed by atoms with Crippen LogP contribution in [0.25, 0.3) is 0 Å². The lowest BCUT2D eigenvalue weighted by molar-refractivity contribution is -0.138. The molecule has 3 rings (SSSR count). The molecule has 11 heteroatoms. The van der Waals surface area contributed by atoms with Crippen molar-refractivity contribution in [3.05, 3.63) is 47.7 Å². The molecule has 8 nitrogen and oxygen atoms in total. The fourth-order valence-corrected chi connectivity index (χ4v) is 4.54. The van der Waals surface area contributed by atoms with E-state index in [0.29, 0.717) is 18.8 Å². The first-order valence-electron chi connectivity index (χ1n) is 11.9. The molecule has 0 atom stereocenters. The van der Waals surface area contributed by atoms with Crippen LogP contribution in [-0.4, -0.2) is 55.4 Å². The molecule has 0 spiro atoms. The largest absolute Gasteiger partial charge is 0.478 e. The third-order valence-corrected chi connectivity index (χ3v) is 6.43. The first-order chi connectivity index (χ1) is 17.6. The Morgan fingerprint density at radius 3 is 2.32 bits per heavy atom. The molecule has 1 aromatic heterocycles. The van der Waals surface area contributed by atoms with E-state index in [9.17, 15) is 27.9 Å². The molecule has 1 N–H and O–H groups in total. The Labute approximate surface area is 213 Å². The zero-order valence-corrected chi connectivity index (χ0v) is 21.0. The van der Waals surface area contributed by atoms with Gasteiger partial charge in [-0.15, -0.1) is 0 Å². The van der Waals surface area contributed by atoms with E-state index in [4.69, 9.17) is 14.2 Å². The highest BCUT2D eigenvalue weighted by Crippen LogP contribution is 2.38. The second-order valence-corrected chi connectivity index (χ2v) is 9.17. The molecule has 1 aliphatic rings. The van der Waals surface area contributed by atoms with Gasteiger partial charge in [-0.2, -0.15) is 13.2 Å². The molecule has 0 saturated heterocycles. The average Bonchev–Trinajstić information content (AvgIpc) is 2.85. The van der Waals surface area contributed by atoms with Gasteiger partial charge in [0.2, 0.25) is 11.8 Å². The van der Waals surface area contributed by atoms with Gasteiger partial charge in [-0.25, -0.2) is 9.78 Å². The number of ether oxygens (including phenoxy) is 3. The lowest BCUT2D eigenvalue weighted by Gasteiger charge is -2.36. The first-order valence-corrected chi connectivity index (χ1v) is 11.9. The van der Waals surface area contributed by atoms with Crippen LogP contribution in [0.4, 0.5) is 18.9 Å². The monoisotopic (exact) mass is 524 g/mol. The number of hydrogen-bond donors (Lipinski definition) is 1. The molecule has 202 valence electrons. The predicted molar refractivity (Wildman–Crippen MR) is 129 cm³/mol. The molecule has 0 bridgehead atoms. The molecule has 0 aliphatic heterocycles. The van der Waals surface area contributed by atoms with Gasteiger partial charge in [-0.05, 0) is 61.9 Å². The summed E-state index contributed by atoms with van der Waals surface area (Å²) in [5.41, 5.74) is -1.32. The number of alkyl halides is 3. The zero-order chi connectivity index (χ0) is 27.2. The first kappa shape index (κ1) is 28.4. The molecule has 1 amide bonds. The summed E-state index contributed by atoms with van der Waals surface area (Å²) in [5, 5.41) is 10.0. The van der Waals surface area contributed by atoms with Crippen LogP contribution in [0.15, 0.2) is 36.5 Å². The minimum absolute atomic E-state index is 0.0830. The van der Waals surface area contributed by atoms with Gasteiger partial charge in [0.05, 0.1) is 30.5 Å². The highest BCUT2D eigenvalue weighted by molar-refractivity contribution is 6.03. The maximum Gasteiger partial charge on any atom is 0.421 e. The average molecular weight is 525 g/mol. The van der Waals surface area contributed by atoms with E-state index in [2.05, 4.69) is 11.9 Å². The van der Waals surface area contributed by atoms with Crippen molar-refractivity contribution in [2.45, 2.75) is 44.8 Å². The molecule has 1 aliphatic carbocycles. The second-order valence-electron chi connectivity index (χ2n) is 9.17. The fraction of sp³-hybridized carbons (Fsp3) is 0.500. The lowest BCUT2D eigenvalue weighted by atomic mass is 9.82. The Kier molecular flexibility index (Phi) is 9.50. The maximum atomic E-state index is 13.8. The standard InChI is InChI=1S/C26H31F3N2O6/c1-16-6-8-17(9-7-16)24(32)31(18(14-35-2)15-36-3)22-11-10-19(13-20(22)25(33)34)37-23-21(26(27,28)29)5-4-12-30-23/h4-5,10-13,16-18H,6-9,14-15H2,1-3H3,(H,33,34). The maximum absolute atomic E-state index is 13.8. The zero-order valence-electron chi connectivity index (χ0n) is 21.0. The van der Waals surface area contributed by atoms with Crippen LogP contribution in [0.3, 0.4) is 0 Å². The van der Waals surface area contributed by atoms with E-state index < -0.39 is 29.6 Å². The number of hydrogen-bond acceptors (Lipinski definition) is 6. The molecule has 1 aromatic carbocycles. The number of carbonyl (C=O) groups excluding carboxylic acids is 1. The Balaban J connectivity index is 2.04. The minimum atomic E-state index is -4.71. The molecule has 2 aromatic rings. The molecule has 1 fully saturated rings. The van der Waals surface area contributed by atoms with Crippen LogP contribution >= 0.6 is 0 Å². The fourth-order valence-electron chi connectivity index (χ4n) is 4.54. The van der Waals surface area contributed by atoms with Gasteiger partial charge < -0.3 is 24.2 Å². The van der Waals surface area contributed by atoms with E-state index in [-0.39, 0.29) is 42.0 Å². The quantitative estimate of drug-likeness (QED) is 0.444. The van der Waals surface area contributed by atoms with Gasteiger partial charge in [0.15, 0.2) is 0 Å². The predicted octanol–water partition coefficient (Wildman–Crippen LogP) is 5.41. The molecule has 0 unspecified atom stereocenters. The Morgan fingerprint density at radius 2 is 1.76 bits per heavy atom. The van der Waals surface area contributed by atoms with Crippen molar-refractivity contribution in [3.63, 3.8) is 0 Å². The summed E-state index contributed by atoms with van der Waals surface area (Å²) in [4.78, 5) is 31.1. The number of amides is 1. The Hall–Kier alpha value is -3.18. The van der Waals surface area contributed by atoms with Crippen LogP contribution in [-0.2, 0) is 20.4 Å². The van der Waals surface area contributed by atoms with Gasteiger partial charge in [0, 0.05) is 26.3 Å². The Morgan fingerprint density at radius 1 is 1.11 bits per heavy atom. The number of anilines is 1. The summed E-state index contributed by atoms with van der Waals surface area (Å²) >= 11 is 0. The van der Waals surface area contributed by atoms with Crippen LogP contribution in [0.1, 0.15) is 48.5 Å². The molecule has 0 radical (unpaired) electrons. The number of benzene rings is 1. The lowest BCUT2D eigenvalue weighted by Crippen LogP contribution is -2.49. The number of nitrogens with zero attached hydrogens (tertiary/aromatic N) is 2. The number of carboxylic acids is 1. The summed E-state index contributed by atoms with van der Waals surface area (Å²) in [6, 6.07) is 5.09. The van der Waals surface area contributed by atoms with Crippen molar-refractivity contribution in [1.29, 1.82) is 0 Å². The van der Waals surface area contributed by atoms with Gasteiger partial charge in [0.25, 0.3) is 0 Å². The van der Waals surface area contributed by atoms with Gasteiger partial charge in [-0.3, -0.25) is 4.79 Å². The summed E-state index contributed by atoms with van der Waals surface area (Å²) < 4.78 is 56.1. The van der Waals surface area contributed by atoms with Gasteiger partial charge >= 0.3 is 12.1 Å². The number of aromatic carboxylic acids is 1. The van der Waals surface area contributed by atoms with Gasteiger partial charge in [0.1, 0.15) is 11.3 Å². The van der Waals surface area contributed by atoms with Crippen LogP contribution in [0.2, 0.25) is 0 Å². The van der Waals surface area contributed by atoms with E-state index in [1.54, 1.807) is 0 Å². The Bertz CT molecular complexity index is 1080. The van der Waals surface area contributed by atoms with Crippen molar-refractivity contribution in [1.82, 2.24) is 4.98 Å². The molecule has 1 saturated carbocycles. The van der Waals surface area contributed by atoms with Crippen LogP contribution in [0, 0.1) is 11.8 Å². The molecule has 37 heavy (non-hydrogen) atoms. The summed E-state index contributed by atoms with van der Waals surface area (Å²) in [6.45, 7) is 2.30. The molecular formula is C26H31F3N2O6. The minimum Gasteiger partial charge on any atom is -0.478 e. The normalized spacial score (nSPS) is 18.0. The number of pyridine rings is 1. The highest BCUT2D eigenvalue weighted by atomic mass is 19.4. The number of methoxy groups -OCH3 is 2. The molecular weight excluding hydrogens is 493 g/mol. The van der Waals surface area contributed by atoms with Crippen molar-refractivity contribution in [2.75, 3.05) is 32.3 Å². The number of rotatable bonds is 10. The third kappa shape index (κ3) is 6.98. The van der Waals surface area contributed by atoms with E-state index in [1.807, 2.05) is 0 Å². The summed E-state index contributed by atoms with van der Waals surface area (Å²) in [7, 11) is 2.93. The summed E-state index contributed by atoms with van der Waals surface area (Å²) in [6.07, 6.45) is -0.462. The topological polar surface area (TPSA) is 98.2 Å².